The first-order valence-electron chi connectivity index (χ1n) is 9.46. The van der Waals surface area contributed by atoms with Crippen molar-refractivity contribution in [3.63, 3.8) is 0 Å². The maximum absolute atomic E-state index is 11.2. The van der Waals surface area contributed by atoms with E-state index in [0.717, 1.165) is 67.9 Å². The molecule has 0 aliphatic carbocycles. The molecule has 0 spiro atoms. The number of rotatable bonds is 10. The van der Waals surface area contributed by atoms with Crippen molar-refractivity contribution in [3.05, 3.63) is 35.7 Å². The lowest BCUT2D eigenvalue weighted by atomic mass is 10.2. The molecule has 0 saturated heterocycles. The van der Waals surface area contributed by atoms with Gasteiger partial charge in [0.15, 0.2) is 0 Å². The normalized spacial score (nSPS) is 10.9. The minimum absolute atomic E-state index is 0. The van der Waals surface area contributed by atoms with E-state index in [-0.39, 0.29) is 24.8 Å². The Bertz CT molecular complexity index is 758. The van der Waals surface area contributed by atoms with Gasteiger partial charge in [0.2, 0.25) is 0 Å². The Morgan fingerprint density at radius 3 is 2.57 bits per heavy atom. The van der Waals surface area contributed by atoms with Gasteiger partial charge in [-0.3, -0.25) is 10.0 Å². The fraction of sp³-hybridized carbons (Fsp3) is 0.500. The fourth-order valence-corrected chi connectivity index (χ4v) is 3.07. The van der Waals surface area contributed by atoms with Crippen LogP contribution >= 0.6 is 24.8 Å². The van der Waals surface area contributed by atoms with Gasteiger partial charge < -0.3 is 9.47 Å². The van der Waals surface area contributed by atoms with Gasteiger partial charge in [-0.1, -0.05) is 33.3 Å². The Labute approximate surface area is 179 Å². The van der Waals surface area contributed by atoms with Gasteiger partial charge in [-0.2, -0.15) is 0 Å². The first kappa shape index (κ1) is 26.4. The van der Waals surface area contributed by atoms with Crippen LogP contribution in [0, 0.1) is 0 Å². The van der Waals surface area contributed by atoms with E-state index in [4.69, 9.17) is 10.2 Å². The Balaban J connectivity index is 0.00000364. The molecule has 0 aliphatic rings. The molecule has 8 heteroatoms. The van der Waals surface area contributed by atoms with Crippen molar-refractivity contribution in [2.75, 3.05) is 19.6 Å². The summed E-state index contributed by atoms with van der Waals surface area (Å²) in [5, 5.41) is 8.58. The number of unbranched alkanes of at least 4 members (excludes halogenated alkanes) is 1. The molecule has 0 atom stereocenters. The molecule has 0 aliphatic heterocycles. The third-order valence-corrected chi connectivity index (χ3v) is 4.68. The molecule has 0 unspecified atom stereocenters. The van der Waals surface area contributed by atoms with Crippen LogP contribution in [0.15, 0.2) is 24.3 Å². The van der Waals surface area contributed by atoms with E-state index in [9.17, 15) is 4.79 Å². The highest BCUT2D eigenvalue weighted by atomic mass is 35.5. The van der Waals surface area contributed by atoms with Crippen molar-refractivity contribution in [2.45, 2.75) is 46.6 Å². The molecule has 1 aromatic carbocycles. The number of hydroxylamine groups is 1. The van der Waals surface area contributed by atoms with Crippen molar-refractivity contribution < 1.29 is 10.0 Å². The number of fused-ring (bicyclic) bond motifs is 1. The predicted octanol–water partition coefficient (Wildman–Crippen LogP) is 4.08. The quantitative estimate of drug-likeness (QED) is 0.338. The number of nitrogens with one attached hydrogen (secondary N) is 1. The molecule has 0 radical (unpaired) electrons. The molecular weight excluding hydrogens is 399 g/mol. The smallest absolute Gasteiger partial charge is 0.267 e. The molecule has 1 heterocycles. The molecule has 158 valence electrons. The zero-order chi connectivity index (χ0) is 18.9. The van der Waals surface area contributed by atoms with Crippen LogP contribution in [0.1, 0.15) is 45.0 Å². The van der Waals surface area contributed by atoms with Crippen LogP contribution in [0.3, 0.4) is 0 Å². The molecular formula is C20H32Cl2N4O2. The molecule has 6 nitrogen and oxygen atoms in total. The molecule has 0 saturated carbocycles. The van der Waals surface area contributed by atoms with Crippen LogP contribution in [0.4, 0.5) is 0 Å². The van der Waals surface area contributed by atoms with Gasteiger partial charge in [0.25, 0.3) is 5.91 Å². The minimum atomic E-state index is -0.543. The van der Waals surface area contributed by atoms with Gasteiger partial charge in [-0.15, -0.1) is 24.8 Å². The largest absolute Gasteiger partial charge is 0.327 e. The highest BCUT2D eigenvalue weighted by molar-refractivity contribution is 5.91. The van der Waals surface area contributed by atoms with Crippen molar-refractivity contribution in [2.24, 2.45) is 0 Å². The predicted molar refractivity (Wildman–Crippen MR) is 120 cm³/mol. The number of halogens is 2. The first-order valence-corrected chi connectivity index (χ1v) is 9.46. The molecule has 2 aromatic rings. The Kier molecular flexibility index (Phi) is 12.8. The summed E-state index contributed by atoms with van der Waals surface area (Å²) in [6.45, 7) is 10.6. The van der Waals surface area contributed by atoms with Gasteiger partial charge >= 0.3 is 0 Å². The van der Waals surface area contributed by atoms with Crippen LogP contribution in [-0.4, -0.2) is 45.2 Å². The summed E-state index contributed by atoms with van der Waals surface area (Å²) in [5.41, 5.74) is 4.56. The summed E-state index contributed by atoms with van der Waals surface area (Å²) in [4.78, 5) is 18.4. The lowest BCUT2D eigenvalue weighted by Crippen LogP contribution is -2.27. The van der Waals surface area contributed by atoms with Crippen molar-refractivity contribution >= 4 is 47.8 Å². The van der Waals surface area contributed by atoms with E-state index in [1.54, 1.807) is 11.6 Å². The van der Waals surface area contributed by atoms with Crippen molar-refractivity contribution in [1.82, 2.24) is 19.9 Å². The van der Waals surface area contributed by atoms with Crippen LogP contribution in [0.25, 0.3) is 17.1 Å². The van der Waals surface area contributed by atoms with Gasteiger partial charge in [0.05, 0.1) is 11.0 Å². The summed E-state index contributed by atoms with van der Waals surface area (Å²) in [6.07, 6.45) is 6.21. The van der Waals surface area contributed by atoms with E-state index in [0.29, 0.717) is 0 Å². The molecule has 2 rings (SSSR count). The number of aromatic nitrogens is 2. The van der Waals surface area contributed by atoms with E-state index < -0.39 is 5.91 Å². The standard InChI is InChI=1S/C20H30N4O2.2ClH/c1-4-7-8-19-21-17-15-16(10-12-20(25)22-26)9-11-18(17)24(19)14-13-23(5-2)6-3;;/h9-12,15,26H,4-8,13-14H2,1-3H3,(H,22,25);2*1H/b12-10+;;. The van der Waals surface area contributed by atoms with E-state index in [2.05, 4.69) is 36.3 Å². The SMILES string of the molecule is CCCCc1nc2cc(/C=C/C(=O)NO)ccc2n1CCN(CC)CC.Cl.Cl. The second kappa shape index (κ2) is 13.6. The highest BCUT2D eigenvalue weighted by Crippen LogP contribution is 2.20. The second-order valence-electron chi connectivity index (χ2n) is 6.37. The number of carbonyl (C=O) groups is 1. The average molecular weight is 431 g/mol. The lowest BCUT2D eigenvalue weighted by molar-refractivity contribution is -0.124. The number of likely N-dealkylation sites (N-methyl/N-ethyl adjacent to an activating group) is 1. The number of hydrogen-bond donors (Lipinski definition) is 2. The number of benzene rings is 1. The molecule has 0 fully saturated rings. The van der Waals surface area contributed by atoms with Gasteiger partial charge in [-0.05, 0) is 43.3 Å². The highest BCUT2D eigenvalue weighted by Gasteiger charge is 2.12. The molecule has 1 amide bonds. The lowest BCUT2D eigenvalue weighted by Gasteiger charge is -2.19. The second-order valence-corrected chi connectivity index (χ2v) is 6.37. The van der Waals surface area contributed by atoms with Crippen LogP contribution in [-0.2, 0) is 17.8 Å². The monoisotopic (exact) mass is 430 g/mol. The number of nitrogens with zero attached hydrogens (tertiary/aromatic N) is 3. The average Bonchev–Trinajstić information content (AvgIpc) is 3.01. The molecule has 2 N–H and O–H groups in total. The topological polar surface area (TPSA) is 70.4 Å². The Morgan fingerprint density at radius 1 is 1.25 bits per heavy atom. The van der Waals surface area contributed by atoms with E-state index in [1.807, 2.05) is 12.1 Å². The number of aryl methyl sites for hydroxylation is 1. The summed E-state index contributed by atoms with van der Waals surface area (Å²) >= 11 is 0. The summed E-state index contributed by atoms with van der Waals surface area (Å²) in [7, 11) is 0. The molecule has 0 bridgehead atoms. The van der Waals surface area contributed by atoms with Crippen LogP contribution in [0.5, 0.6) is 0 Å². The van der Waals surface area contributed by atoms with Gasteiger partial charge in [0, 0.05) is 25.6 Å². The molecule has 1 aromatic heterocycles. The first-order chi connectivity index (χ1) is 12.6. The van der Waals surface area contributed by atoms with E-state index >= 15 is 0 Å². The van der Waals surface area contributed by atoms with Crippen LogP contribution < -0.4 is 5.48 Å². The maximum Gasteiger partial charge on any atom is 0.267 e. The van der Waals surface area contributed by atoms with Crippen molar-refractivity contribution in [1.29, 1.82) is 0 Å². The number of amides is 1. The fourth-order valence-electron chi connectivity index (χ4n) is 3.07. The zero-order valence-electron chi connectivity index (χ0n) is 16.9. The number of hydrogen-bond acceptors (Lipinski definition) is 4. The van der Waals surface area contributed by atoms with Crippen LogP contribution in [0.2, 0.25) is 0 Å². The zero-order valence-corrected chi connectivity index (χ0v) is 18.5. The number of carbonyl (C=O) groups excluding carboxylic acids is 1. The number of imidazole rings is 1. The third kappa shape index (κ3) is 7.09. The Hall–Kier alpha value is -1.60. The maximum atomic E-state index is 11.2. The summed E-state index contributed by atoms with van der Waals surface area (Å²) in [6, 6.07) is 6.03. The minimum Gasteiger partial charge on any atom is -0.327 e. The summed E-state index contributed by atoms with van der Waals surface area (Å²) in [5.74, 6) is 0.585. The van der Waals surface area contributed by atoms with Gasteiger partial charge in [-0.25, -0.2) is 10.5 Å². The van der Waals surface area contributed by atoms with E-state index in [1.165, 1.54) is 6.08 Å². The Morgan fingerprint density at radius 2 is 1.96 bits per heavy atom. The third-order valence-electron chi connectivity index (χ3n) is 4.68. The summed E-state index contributed by atoms with van der Waals surface area (Å²) < 4.78 is 2.33. The molecule has 28 heavy (non-hydrogen) atoms. The van der Waals surface area contributed by atoms with Gasteiger partial charge in [0.1, 0.15) is 5.82 Å². The van der Waals surface area contributed by atoms with Crippen molar-refractivity contribution in [3.8, 4) is 0 Å².